The lowest BCUT2D eigenvalue weighted by molar-refractivity contribution is -0.148. The third-order valence-corrected chi connectivity index (χ3v) is 14.1. The minimum Gasteiger partial charge on any atom is -0.464 e. The SMILES string of the molecule is C[C@H](Cc1cccc(C2(C)CCCC(C)(C)CS(=O)(=O)CCc3c(c(F)cc4[nH]ccc34)Oc3ccc(F)c(c3)-c3nc2nn3C)c1)C(=O)OCCN1CCN(C)CC1. The zero-order valence-electron chi connectivity index (χ0n) is 35.0. The molecule has 14 heteroatoms. The van der Waals surface area contributed by atoms with Gasteiger partial charge in [-0.15, -0.1) is 0 Å². The van der Waals surface area contributed by atoms with E-state index < -0.39 is 32.3 Å². The molecule has 1 fully saturated rings. The number of nitrogens with zero attached hydrogens (tertiary/aromatic N) is 5. The van der Waals surface area contributed by atoms with Crippen LogP contribution in [-0.4, -0.2) is 102 Å². The molecular formula is C45H56F2N6O5S. The molecule has 4 heterocycles. The minimum atomic E-state index is -3.60. The van der Waals surface area contributed by atoms with Crippen molar-refractivity contribution in [3.63, 3.8) is 0 Å². The number of H-pyrrole nitrogens is 1. The largest absolute Gasteiger partial charge is 0.464 e. The molecule has 1 saturated heterocycles. The van der Waals surface area contributed by atoms with E-state index in [0.717, 1.165) is 37.3 Å². The summed E-state index contributed by atoms with van der Waals surface area (Å²) in [5.74, 6) is -1.29. The second-order valence-corrected chi connectivity index (χ2v) is 19.7. The number of aromatic nitrogens is 4. The minimum absolute atomic E-state index is 0.0297. The van der Waals surface area contributed by atoms with Crippen LogP contribution in [0, 0.1) is 23.0 Å². The number of carbonyl (C=O) groups is 1. The molecular weight excluding hydrogens is 775 g/mol. The molecule has 0 aliphatic carbocycles. The molecule has 1 N–H and O–H groups in total. The Labute approximate surface area is 346 Å². The molecule has 0 saturated carbocycles. The van der Waals surface area contributed by atoms with Gasteiger partial charge in [0.2, 0.25) is 0 Å². The molecule has 0 amide bonds. The number of rotatable bonds is 7. The second-order valence-electron chi connectivity index (χ2n) is 17.5. The van der Waals surface area contributed by atoms with Crippen LogP contribution in [0.5, 0.6) is 11.5 Å². The number of aryl methyl sites for hydroxylation is 2. The topological polar surface area (TPSA) is 123 Å². The monoisotopic (exact) mass is 830 g/mol. The van der Waals surface area contributed by atoms with E-state index in [1.165, 1.54) is 24.3 Å². The number of hydrogen-bond acceptors (Lipinski definition) is 9. The summed E-state index contributed by atoms with van der Waals surface area (Å²) in [6, 6.07) is 15.3. The van der Waals surface area contributed by atoms with E-state index >= 15 is 8.78 Å². The van der Waals surface area contributed by atoms with Gasteiger partial charge in [0.1, 0.15) is 18.2 Å². The number of carbonyl (C=O) groups excluding carboxylic acids is 1. The predicted octanol–water partition coefficient (Wildman–Crippen LogP) is 7.48. The number of piperazine rings is 1. The van der Waals surface area contributed by atoms with Crippen molar-refractivity contribution in [2.75, 3.05) is 57.9 Å². The highest BCUT2D eigenvalue weighted by molar-refractivity contribution is 7.91. The average molecular weight is 831 g/mol. The number of benzene rings is 3. The number of hydrogen-bond donors (Lipinski definition) is 1. The fraction of sp³-hybridized carbons (Fsp3) is 0.489. The maximum absolute atomic E-state index is 15.8. The Bertz CT molecular complexity index is 2420. The van der Waals surface area contributed by atoms with Crippen molar-refractivity contribution in [3.8, 4) is 22.9 Å². The van der Waals surface area contributed by atoms with Crippen LogP contribution in [0.3, 0.4) is 0 Å². The fourth-order valence-corrected chi connectivity index (χ4v) is 10.6. The maximum Gasteiger partial charge on any atom is 0.309 e. The molecule has 11 nitrogen and oxygen atoms in total. The Hall–Kier alpha value is -4.66. The van der Waals surface area contributed by atoms with Gasteiger partial charge >= 0.3 is 5.97 Å². The van der Waals surface area contributed by atoms with Crippen LogP contribution in [0.25, 0.3) is 22.3 Å². The molecule has 7 rings (SSSR count). The van der Waals surface area contributed by atoms with Crippen molar-refractivity contribution in [2.45, 2.75) is 65.2 Å². The van der Waals surface area contributed by atoms with Crippen molar-refractivity contribution < 1.29 is 31.5 Å². The van der Waals surface area contributed by atoms with E-state index in [0.29, 0.717) is 61.1 Å². The summed E-state index contributed by atoms with van der Waals surface area (Å²) >= 11 is 0. The maximum atomic E-state index is 15.8. The summed E-state index contributed by atoms with van der Waals surface area (Å²) in [4.78, 5) is 25.7. The van der Waals surface area contributed by atoms with E-state index in [9.17, 15) is 13.2 Å². The summed E-state index contributed by atoms with van der Waals surface area (Å²) in [6.07, 6.45) is 3.97. The highest BCUT2D eigenvalue weighted by Crippen LogP contribution is 2.41. The van der Waals surface area contributed by atoms with Crippen LogP contribution in [0.4, 0.5) is 8.78 Å². The van der Waals surface area contributed by atoms with Crippen LogP contribution >= 0.6 is 0 Å². The Balaban J connectivity index is 1.21. The van der Waals surface area contributed by atoms with Crippen molar-refractivity contribution in [1.82, 2.24) is 29.5 Å². The predicted molar refractivity (Wildman–Crippen MR) is 225 cm³/mol. The number of nitrogens with one attached hydrogen (secondary N) is 1. The molecule has 4 bridgehead atoms. The Morgan fingerprint density at radius 1 is 1.00 bits per heavy atom. The number of likely N-dealkylation sites (N-methyl/N-ethyl adjacent to an activating group) is 1. The zero-order chi connectivity index (χ0) is 42.1. The number of halogens is 2. The van der Waals surface area contributed by atoms with Crippen molar-refractivity contribution in [3.05, 3.63) is 94.9 Å². The molecule has 5 aromatic rings. The van der Waals surface area contributed by atoms with Gasteiger partial charge in [-0.1, -0.05) is 51.5 Å². The molecule has 2 aliphatic heterocycles. The number of esters is 1. The first-order valence-corrected chi connectivity index (χ1v) is 22.4. The van der Waals surface area contributed by atoms with E-state index in [2.05, 4.69) is 34.8 Å². The van der Waals surface area contributed by atoms with E-state index in [-0.39, 0.29) is 52.7 Å². The normalized spacial score (nSPS) is 20.9. The van der Waals surface area contributed by atoms with Crippen LogP contribution in [0.15, 0.2) is 60.8 Å². The van der Waals surface area contributed by atoms with E-state index in [1.54, 1.807) is 24.0 Å². The van der Waals surface area contributed by atoms with Gasteiger partial charge in [0.25, 0.3) is 0 Å². The first-order chi connectivity index (χ1) is 28.0. The van der Waals surface area contributed by atoms with E-state index in [4.69, 9.17) is 19.6 Å². The van der Waals surface area contributed by atoms with Gasteiger partial charge in [0.15, 0.2) is 33.1 Å². The van der Waals surface area contributed by atoms with Crippen molar-refractivity contribution in [1.29, 1.82) is 0 Å². The third-order valence-electron chi connectivity index (χ3n) is 12.1. The molecule has 0 radical (unpaired) electrons. The standard InChI is InChI=1S/C45H56F2N6O5S/c1-30(42(54)57-23-22-53-20-18-51(5)19-21-53)25-31-9-7-10-32(26-31)45(4)16-8-15-44(2,3)29-59(55,56)24-14-35-34-13-17-48-39(34)28-38(47)40(35)58-33-11-12-37(46)36(27-33)41-49-43(45)50-52(41)6/h7,9-13,17,26-28,30,48H,8,14-16,18-25,29H2,1-6H3/t30-,45?/m1/s1. The molecule has 59 heavy (non-hydrogen) atoms. The Morgan fingerprint density at radius 2 is 1.78 bits per heavy atom. The molecule has 316 valence electrons. The van der Waals surface area contributed by atoms with Gasteiger partial charge in [0.05, 0.1) is 28.4 Å². The molecule has 3 aromatic carbocycles. The average Bonchev–Trinajstić information content (AvgIpc) is 3.81. The zero-order valence-corrected chi connectivity index (χ0v) is 35.8. The van der Waals surface area contributed by atoms with Gasteiger partial charge in [-0.3, -0.25) is 9.69 Å². The van der Waals surface area contributed by atoms with Crippen molar-refractivity contribution >= 4 is 26.7 Å². The van der Waals surface area contributed by atoms with E-state index in [1.807, 2.05) is 39.0 Å². The van der Waals surface area contributed by atoms with Crippen LogP contribution < -0.4 is 4.74 Å². The Morgan fingerprint density at radius 3 is 2.56 bits per heavy atom. The van der Waals surface area contributed by atoms with Gasteiger partial charge < -0.3 is 19.4 Å². The van der Waals surface area contributed by atoms with Gasteiger partial charge in [0, 0.05) is 68.5 Å². The van der Waals surface area contributed by atoms with Gasteiger partial charge in [-0.2, -0.15) is 5.10 Å². The number of fused-ring (bicyclic) bond motifs is 8. The number of sulfone groups is 1. The molecule has 1 unspecified atom stereocenters. The lowest BCUT2D eigenvalue weighted by atomic mass is 9.75. The van der Waals surface area contributed by atoms with Gasteiger partial charge in [-0.05, 0) is 80.5 Å². The first-order valence-electron chi connectivity index (χ1n) is 20.6. The summed E-state index contributed by atoms with van der Waals surface area (Å²) in [5, 5.41) is 5.54. The first kappa shape index (κ1) is 42.5. The molecule has 0 spiro atoms. The van der Waals surface area contributed by atoms with Crippen molar-refractivity contribution in [2.24, 2.45) is 18.4 Å². The highest BCUT2D eigenvalue weighted by atomic mass is 32.2. The highest BCUT2D eigenvalue weighted by Gasteiger charge is 2.36. The quantitative estimate of drug-likeness (QED) is 0.167. The Kier molecular flexibility index (Phi) is 12.3. The van der Waals surface area contributed by atoms with Crippen LogP contribution in [0.2, 0.25) is 0 Å². The summed E-state index contributed by atoms with van der Waals surface area (Å²) in [6.45, 7) is 12.9. The molecule has 2 aromatic heterocycles. The van der Waals surface area contributed by atoms with Crippen LogP contribution in [-0.2, 0) is 44.7 Å². The summed E-state index contributed by atoms with van der Waals surface area (Å²) in [7, 11) is 0.219. The number of aromatic amines is 1. The summed E-state index contributed by atoms with van der Waals surface area (Å²) in [5.41, 5.74) is 1.57. The molecule has 2 aliphatic rings. The summed E-state index contributed by atoms with van der Waals surface area (Å²) < 4.78 is 72.6. The van der Waals surface area contributed by atoms with Gasteiger partial charge in [-0.25, -0.2) is 26.9 Å². The van der Waals surface area contributed by atoms with Crippen LogP contribution in [0.1, 0.15) is 69.5 Å². The number of ether oxygens (including phenoxy) is 2. The smallest absolute Gasteiger partial charge is 0.309 e. The lowest BCUT2D eigenvalue weighted by Crippen LogP contribution is -2.45. The fourth-order valence-electron chi connectivity index (χ4n) is 8.56. The second kappa shape index (κ2) is 17.1. The lowest BCUT2D eigenvalue weighted by Gasteiger charge is -2.32. The molecule has 2 atom stereocenters. The third kappa shape index (κ3) is 9.71.